The van der Waals surface area contributed by atoms with E-state index >= 15 is 0 Å². The molecule has 0 bridgehead atoms. The van der Waals surface area contributed by atoms with E-state index in [0.29, 0.717) is 6.42 Å². The van der Waals surface area contributed by atoms with Crippen LogP contribution < -0.4 is 0 Å². The third-order valence-electron chi connectivity index (χ3n) is 6.29. The molecule has 3 aromatic heterocycles. The molecule has 1 fully saturated rings. The van der Waals surface area contributed by atoms with E-state index in [1.165, 1.54) is 12.1 Å². The largest absolute Gasteiger partial charge is 0.334 e. The molecule has 4 aromatic rings. The molecule has 7 heteroatoms. The van der Waals surface area contributed by atoms with Crippen molar-refractivity contribution in [2.45, 2.75) is 45.1 Å². The van der Waals surface area contributed by atoms with Crippen molar-refractivity contribution in [3.8, 4) is 5.82 Å². The highest BCUT2D eigenvalue weighted by atomic mass is 19.1. The molecule has 1 aromatic carbocycles. The van der Waals surface area contributed by atoms with Crippen molar-refractivity contribution < 1.29 is 9.18 Å². The second-order valence-corrected chi connectivity index (χ2v) is 8.52. The summed E-state index contributed by atoms with van der Waals surface area (Å²) in [6.45, 7) is 2.72. The minimum atomic E-state index is -0.237. The summed E-state index contributed by atoms with van der Waals surface area (Å²) in [6, 6.07) is 16.3. The van der Waals surface area contributed by atoms with Crippen molar-refractivity contribution in [1.29, 1.82) is 0 Å². The molecule has 1 unspecified atom stereocenters. The Morgan fingerprint density at radius 3 is 2.76 bits per heavy atom. The third-order valence-corrected chi connectivity index (χ3v) is 6.29. The summed E-state index contributed by atoms with van der Waals surface area (Å²) >= 11 is 0. The highest BCUT2D eigenvalue weighted by Crippen LogP contribution is 2.33. The number of amides is 1. The number of nitrogens with zero attached hydrogens (tertiary/aromatic N) is 5. The molecule has 4 heterocycles. The summed E-state index contributed by atoms with van der Waals surface area (Å²) in [7, 11) is 0. The molecule has 0 saturated carbocycles. The minimum absolute atomic E-state index is 0.0277. The molecule has 1 saturated heterocycles. The Kier molecular flexibility index (Phi) is 5.86. The molecule has 1 aliphatic heterocycles. The number of benzene rings is 1. The van der Waals surface area contributed by atoms with Gasteiger partial charge in [-0.05, 0) is 74.6 Å². The van der Waals surface area contributed by atoms with Gasteiger partial charge in [-0.2, -0.15) is 9.78 Å². The lowest BCUT2D eigenvalue weighted by Crippen LogP contribution is -2.30. The number of pyridine rings is 2. The summed E-state index contributed by atoms with van der Waals surface area (Å²) in [5.41, 5.74) is 3.60. The van der Waals surface area contributed by atoms with Crippen LogP contribution in [0.5, 0.6) is 0 Å². The average Bonchev–Trinajstić information content (AvgIpc) is 3.46. The van der Waals surface area contributed by atoms with Gasteiger partial charge in [0.2, 0.25) is 5.91 Å². The SMILES string of the molecule is Cc1nn(-c2ccccn2)c2nc(C3CCCN3C(=O)CCCc3ccc(F)cc3)ccc12. The lowest BCUT2D eigenvalue weighted by Gasteiger charge is -2.24. The number of rotatable bonds is 6. The van der Waals surface area contributed by atoms with Crippen molar-refractivity contribution in [3.63, 3.8) is 0 Å². The molecule has 168 valence electrons. The van der Waals surface area contributed by atoms with Gasteiger partial charge in [-0.15, -0.1) is 0 Å². The first-order valence-corrected chi connectivity index (χ1v) is 11.4. The van der Waals surface area contributed by atoms with Gasteiger partial charge in [0.1, 0.15) is 5.82 Å². The molecule has 5 rings (SSSR count). The zero-order chi connectivity index (χ0) is 22.8. The van der Waals surface area contributed by atoms with E-state index in [4.69, 9.17) is 4.98 Å². The number of hydrogen-bond acceptors (Lipinski definition) is 4. The fourth-order valence-corrected chi connectivity index (χ4v) is 4.59. The Hall–Kier alpha value is -3.61. The van der Waals surface area contributed by atoms with Gasteiger partial charge in [0, 0.05) is 24.5 Å². The van der Waals surface area contributed by atoms with E-state index in [1.807, 2.05) is 36.1 Å². The molecule has 1 aliphatic rings. The van der Waals surface area contributed by atoms with Crippen molar-refractivity contribution in [2.24, 2.45) is 0 Å². The molecule has 0 N–H and O–H groups in total. The van der Waals surface area contributed by atoms with Crippen molar-refractivity contribution in [1.82, 2.24) is 24.6 Å². The van der Waals surface area contributed by atoms with Crippen molar-refractivity contribution in [2.75, 3.05) is 6.54 Å². The minimum Gasteiger partial charge on any atom is -0.334 e. The number of carbonyl (C=O) groups is 1. The number of halogens is 1. The molecule has 0 spiro atoms. The number of aromatic nitrogens is 4. The summed E-state index contributed by atoms with van der Waals surface area (Å²) < 4.78 is 14.9. The monoisotopic (exact) mass is 443 g/mol. The number of carbonyl (C=O) groups excluding carboxylic acids is 1. The highest BCUT2D eigenvalue weighted by molar-refractivity contribution is 5.80. The van der Waals surface area contributed by atoms with Gasteiger partial charge in [0.15, 0.2) is 11.5 Å². The fourth-order valence-electron chi connectivity index (χ4n) is 4.59. The predicted octanol–water partition coefficient (Wildman–Crippen LogP) is 4.95. The number of aryl methyl sites for hydroxylation is 2. The number of hydrogen-bond donors (Lipinski definition) is 0. The predicted molar refractivity (Wildman–Crippen MR) is 124 cm³/mol. The summed E-state index contributed by atoms with van der Waals surface area (Å²) in [5.74, 6) is 0.634. The standard InChI is InChI=1S/C26H26FN5O/c1-18-21-14-15-22(29-26(21)32(30-18)24-8-2-3-16-28-24)23-7-5-17-31(23)25(33)9-4-6-19-10-12-20(27)13-11-19/h2-3,8,10-16,23H,4-7,9,17H2,1H3. The topological polar surface area (TPSA) is 63.9 Å². The van der Waals surface area contributed by atoms with Crippen LogP contribution in [0.3, 0.4) is 0 Å². The highest BCUT2D eigenvalue weighted by Gasteiger charge is 2.31. The maximum Gasteiger partial charge on any atom is 0.223 e. The van der Waals surface area contributed by atoms with Gasteiger partial charge in [0.05, 0.1) is 17.4 Å². The van der Waals surface area contributed by atoms with Crippen LogP contribution in [0.25, 0.3) is 16.9 Å². The van der Waals surface area contributed by atoms with Crippen LogP contribution in [0.4, 0.5) is 4.39 Å². The molecule has 6 nitrogen and oxygen atoms in total. The summed E-state index contributed by atoms with van der Waals surface area (Å²) in [4.78, 5) is 24.4. The molecule has 0 radical (unpaired) electrons. The van der Waals surface area contributed by atoms with Gasteiger partial charge >= 0.3 is 0 Å². The maximum atomic E-state index is 13.1. The third kappa shape index (κ3) is 4.35. The van der Waals surface area contributed by atoms with Crippen LogP contribution in [0, 0.1) is 12.7 Å². The quantitative estimate of drug-likeness (QED) is 0.423. The zero-order valence-corrected chi connectivity index (χ0v) is 18.6. The van der Waals surface area contributed by atoms with Gasteiger partial charge in [0.25, 0.3) is 0 Å². The Morgan fingerprint density at radius 1 is 1.12 bits per heavy atom. The van der Waals surface area contributed by atoms with E-state index in [9.17, 15) is 9.18 Å². The fraction of sp³-hybridized carbons (Fsp3) is 0.308. The Labute approximate surface area is 192 Å². The van der Waals surface area contributed by atoms with Gasteiger partial charge in [-0.3, -0.25) is 4.79 Å². The smallest absolute Gasteiger partial charge is 0.223 e. The lowest BCUT2D eigenvalue weighted by atomic mass is 10.1. The second kappa shape index (κ2) is 9.10. The van der Waals surface area contributed by atoms with E-state index in [1.54, 1.807) is 23.0 Å². The Bertz CT molecular complexity index is 1270. The van der Waals surface area contributed by atoms with Crippen LogP contribution in [0.1, 0.15) is 48.7 Å². The first-order valence-electron chi connectivity index (χ1n) is 11.4. The van der Waals surface area contributed by atoms with Crippen LogP contribution in [-0.4, -0.2) is 37.1 Å². The second-order valence-electron chi connectivity index (χ2n) is 8.52. The first-order chi connectivity index (χ1) is 16.1. The van der Waals surface area contributed by atoms with E-state index in [-0.39, 0.29) is 17.8 Å². The van der Waals surface area contributed by atoms with Gasteiger partial charge in [-0.1, -0.05) is 18.2 Å². The number of likely N-dealkylation sites (tertiary alicyclic amines) is 1. The van der Waals surface area contributed by atoms with Crippen LogP contribution in [-0.2, 0) is 11.2 Å². The number of fused-ring (bicyclic) bond motifs is 1. The molecular formula is C26H26FN5O. The maximum absolute atomic E-state index is 13.1. The van der Waals surface area contributed by atoms with Crippen molar-refractivity contribution in [3.05, 3.63) is 83.6 Å². The van der Waals surface area contributed by atoms with E-state index < -0.39 is 0 Å². The normalized spacial score (nSPS) is 15.9. The van der Waals surface area contributed by atoms with Crippen molar-refractivity contribution >= 4 is 16.9 Å². The Balaban J connectivity index is 1.34. The zero-order valence-electron chi connectivity index (χ0n) is 18.6. The molecule has 0 aliphatic carbocycles. The first kappa shape index (κ1) is 21.2. The molecule has 33 heavy (non-hydrogen) atoms. The Morgan fingerprint density at radius 2 is 1.97 bits per heavy atom. The molecular weight excluding hydrogens is 417 g/mol. The summed E-state index contributed by atoms with van der Waals surface area (Å²) in [5, 5.41) is 5.63. The summed E-state index contributed by atoms with van der Waals surface area (Å²) in [6.07, 6.45) is 5.58. The average molecular weight is 444 g/mol. The van der Waals surface area contributed by atoms with Crippen LogP contribution in [0.15, 0.2) is 60.8 Å². The van der Waals surface area contributed by atoms with Gasteiger partial charge < -0.3 is 4.90 Å². The van der Waals surface area contributed by atoms with Gasteiger partial charge in [-0.25, -0.2) is 14.4 Å². The lowest BCUT2D eigenvalue weighted by molar-refractivity contribution is -0.132. The van der Waals surface area contributed by atoms with E-state index in [0.717, 1.165) is 66.0 Å². The van der Waals surface area contributed by atoms with Crippen LogP contribution in [0.2, 0.25) is 0 Å². The van der Waals surface area contributed by atoms with Crippen LogP contribution >= 0.6 is 0 Å². The van der Waals surface area contributed by atoms with E-state index in [2.05, 4.69) is 16.1 Å². The molecule has 1 atom stereocenters. The molecule has 1 amide bonds.